The van der Waals surface area contributed by atoms with Crippen molar-refractivity contribution in [2.24, 2.45) is 0 Å². The molecule has 2 aromatic heterocycles. The van der Waals surface area contributed by atoms with E-state index >= 15 is 0 Å². The van der Waals surface area contributed by atoms with Gasteiger partial charge >= 0.3 is 0 Å². The maximum absolute atomic E-state index is 11.0. The SMILES string of the molecule is Cc1cc(N2CCCN(c3nc4ccccc4[nH]3)CC2)ncc1[N+](=O)[O-]. The van der Waals surface area contributed by atoms with Crippen molar-refractivity contribution in [3.63, 3.8) is 0 Å². The predicted octanol–water partition coefficient (Wildman–Crippen LogP) is 2.89. The number of nitro groups is 1. The minimum Gasteiger partial charge on any atom is -0.355 e. The largest absolute Gasteiger partial charge is 0.355 e. The predicted molar refractivity (Wildman–Crippen MR) is 101 cm³/mol. The molecule has 0 unspecified atom stereocenters. The summed E-state index contributed by atoms with van der Waals surface area (Å²) in [4.78, 5) is 27.4. The number of aryl methyl sites for hydroxylation is 1. The van der Waals surface area contributed by atoms with E-state index in [1.807, 2.05) is 24.3 Å². The number of nitrogens with zero attached hydrogens (tertiary/aromatic N) is 5. The quantitative estimate of drug-likeness (QED) is 0.576. The Morgan fingerprint density at radius 1 is 1.15 bits per heavy atom. The summed E-state index contributed by atoms with van der Waals surface area (Å²) in [7, 11) is 0. The number of nitrogens with one attached hydrogen (secondary N) is 1. The molecular formula is C18H20N6O2. The van der Waals surface area contributed by atoms with Crippen LogP contribution in [0.3, 0.4) is 0 Å². The average Bonchev–Trinajstić information content (AvgIpc) is 2.90. The van der Waals surface area contributed by atoms with Gasteiger partial charge in [-0.3, -0.25) is 10.1 Å². The molecule has 0 spiro atoms. The number of anilines is 2. The van der Waals surface area contributed by atoms with Crippen molar-refractivity contribution in [1.29, 1.82) is 0 Å². The Balaban J connectivity index is 1.51. The Hall–Kier alpha value is -3.16. The zero-order valence-corrected chi connectivity index (χ0v) is 14.6. The highest BCUT2D eigenvalue weighted by Crippen LogP contribution is 2.23. The minimum absolute atomic E-state index is 0.0625. The van der Waals surface area contributed by atoms with Gasteiger partial charge in [0.2, 0.25) is 5.95 Å². The van der Waals surface area contributed by atoms with Crippen molar-refractivity contribution >= 4 is 28.5 Å². The third-order valence-electron chi connectivity index (χ3n) is 4.76. The molecule has 26 heavy (non-hydrogen) atoms. The van der Waals surface area contributed by atoms with Gasteiger partial charge in [0, 0.05) is 31.7 Å². The Labute approximate surface area is 150 Å². The second-order valence-electron chi connectivity index (χ2n) is 6.49. The maximum atomic E-state index is 11.0. The van der Waals surface area contributed by atoms with Gasteiger partial charge in [0.1, 0.15) is 12.0 Å². The van der Waals surface area contributed by atoms with Crippen LogP contribution in [-0.2, 0) is 0 Å². The number of aromatic nitrogens is 3. The average molecular weight is 352 g/mol. The summed E-state index contributed by atoms with van der Waals surface area (Å²) in [5, 5.41) is 11.0. The van der Waals surface area contributed by atoms with Gasteiger partial charge in [-0.15, -0.1) is 0 Å². The van der Waals surface area contributed by atoms with Crippen LogP contribution in [0.1, 0.15) is 12.0 Å². The number of imidazole rings is 1. The molecule has 1 N–H and O–H groups in total. The number of hydrogen-bond donors (Lipinski definition) is 1. The van der Waals surface area contributed by atoms with E-state index in [4.69, 9.17) is 0 Å². The molecule has 3 aromatic rings. The van der Waals surface area contributed by atoms with Gasteiger partial charge in [0.15, 0.2) is 0 Å². The van der Waals surface area contributed by atoms with Crippen molar-refractivity contribution in [2.45, 2.75) is 13.3 Å². The highest BCUT2D eigenvalue weighted by atomic mass is 16.6. The normalized spacial score (nSPS) is 15.3. The van der Waals surface area contributed by atoms with Crippen molar-refractivity contribution in [3.8, 4) is 0 Å². The van der Waals surface area contributed by atoms with E-state index in [1.165, 1.54) is 6.20 Å². The molecule has 4 rings (SSSR count). The summed E-state index contributed by atoms with van der Waals surface area (Å²) in [5.74, 6) is 1.68. The summed E-state index contributed by atoms with van der Waals surface area (Å²) in [6.07, 6.45) is 2.32. The molecule has 134 valence electrons. The summed E-state index contributed by atoms with van der Waals surface area (Å²) in [6, 6.07) is 9.81. The molecular weight excluding hydrogens is 332 g/mol. The molecule has 1 saturated heterocycles. The number of H-pyrrole nitrogens is 1. The molecule has 1 aromatic carbocycles. The van der Waals surface area contributed by atoms with E-state index in [-0.39, 0.29) is 5.69 Å². The van der Waals surface area contributed by atoms with Crippen LogP contribution in [0.4, 0.5) is 17.5 Å². The van der Waals surface area contributed by atoms with Crippen molar-refractivity contribution in [2.75, 3.05) is 36.0 Å². The Bertz CT molecular complexity index is 921. The zero-order chi connectivity index (χ0) is 18.1. The van der Waals surface area contributed by atoms with Crippen molar-refractivity contribution < 1.29 is 4.92 Å². The number of hydrogen-bond acceptors (Lipinski definition) is 6. The lowest BCUT2D eigenvalue weighted by Crippen LogP contribution is -2.31. The van der Waals surface area contributed by atoms with E-state index in [2.05, 4.69) is 24.8 Å². The van der Waals surface area contributed by atoms with E-state index in [0.717, 1.165) is 55.4 Å². The lowest BCUT2D eigenvalue weighted by atomic mass is 10.2. The van der Waals surface area contributed by atoms with E-state index in [0.29, 0.717) is 5.56 Å². The molecule has 0 bridgehead atoms. The zero-order valence-electron chi connectivity index (χ0n) is 14.6. The fourth-order valence-electron chi connectivity index (χ4n) is 3.35. The first-order valence-corrected chi connectivity index (χ1v) is 8.67. The van der Waals surface area contributed by atoms with Gasteiger partial charge in [0.05, 0.1) is 16.0 Å². The maximum Gasteiger partial charge on any atom is 0.290 e. The molecule has 8 heteroatoms. The van der Waals surface area contributed by atoms with Crippen LogP contribution < -0.4 is 9.80 Å². The third kappa shape index (κ3) is 3.05. The van der Waals surface area contributed by atoms with Gasteiger partial charge in [0.25, 0.3) is 5.69 Å². The van der Waals surface area contributed by atoms with Gasteiger partial charge in [-0.05, 0) is 31.5 Å². The summed E-state index contributed by atoms with van der Waals surface area (Å²) in [5.41, 5.74) is 2.71. The smallest absolute Gasteiger partial charge is 0.290 e. The molecule has 1 aliphatic rings. The number of pyridine rings is 1. The van der Waals surface area contributed by atoms with Gasteiger partial charge in [-0.25, -0.2) is 9.97 Å². The highest BCUT2D eigenvalue weighted by Gasteiger charge is 2.20. The number of rotatable bonds is 3. The summed E-state index contributed by atoms with van der Waals surface area (Å²) >= 11 is 0. The van der Waals surface area contributed by atoms with Crippen LogP contribution in [0.2, 0.25) is 0 Å². The van der Waals surface area contributed by atoms with Crippen LogP contribution in [-0.4, -0.2) is 46.1 Å². The first-order chi connectivity index (χ1) is 12.6. The third-order valence-corrected chi connectivity index (χ3v) is 4.76. The lowest BCUT2D eigenvalue weighted by Gasteiger charge is -2.22. The summed E-state index contributed by atoms with van der Waals surface area (Å²) in [6.45, 7) is 5.13. The molecule has 0 saturated carbocycles. The molecule has 1 fully saturated rings. The Kier molecular flexibility index (Phi) is 4.16. The minimum atomic E-state index is -0.391. The fourth-order valence-corrected chi connectivity index (χ4v) is 3.35. The molecule has 0 amide bonds. The molecule has 8 nitrogen and oxygen atoms in total. The molecule has 0 radical (unpaired) electrons. The second kappa shape index (κ2) is 6.62. The molecule has 3 heterocycles. The van der Waals surface area contributed by atoms with E-state index < -0.39 is 4.92 Å². The number of benzene rings is 1. The number of fused-ring (bicyclic) bond motifs is 1. The van der Waals surface area contributed by atoms with Gasteiger partial charge < -0.3 is 14.8 Å². The van der Waals surface area contributed by atoms with Crippen LogP contribution in [0, 0.1) is 17.0 Å². The highest BCUT2D eigenvalue weighted by molar-refractivity contribution is 5.77. The monoisotopic (exact) mass is 352 g/mol. The first-order valence-electron chi connectivity index (χ1n) is 8.67. The van der Waals surface area contributed by atoms with Crippen molar-refractivity contribution in [3.05, 3.63) is 52.2 Å². The van der Waals surface area contributed by atoms with Crippen LogP contribution in [0.15, 0.2) is 36.5 Å². The summed E-state index contributed by atoms with van der Waals surface area (Å²) < 4.78 is 0. The Morgan fingerprint density at radius 2 is 1.92 bits per heavy atom. The Morgan fingerprint density at radius 3 is 2.69 bits per heavy atom. The van der Waals surface area contributed by atoms with Crippen LogP contribution >= 0.6 is 0 Å². The molecule has 0 aliphatic carbocycles. The van der Waals surface area contributed by atoms with E-state index in [1.54, 1.807) is 13.0 Å². The van der Waals surface area contributed by atoms with E-state index in [9.17, 15) is 10.1 Å². The van der Waals surface area contributed by atoms with Gasteiger partial charge in [-0.1, -0.05) is 12.1 Å². The fraction of sp³-hybridized carbons (Fsp3) is 0.333. The number of para-hydroxylation sites is 2. The first kappa shape index (κ1) is 16.3. The topological polar surface area (TPSA) is 91.2 Å². The molecule has 1 aliphatic heterocycles. The standard InChI is InChI=1S/C18H20N6O2/c1-13-11-17(19-12-16(13)24(25)26)22-7-4-8-23(10-9-22)18-20-14-5-2-3-6-15(14)21-18/h2-3,5-6,11-12H,4,7-10H2,1H3,(H,20,21). The number of aromatic amines is 1. The van der Waals surface area contributed by atoms with Crippen molar-refractivity contribution in [1.82, 2.24) is 15.0 Å². The second-order valence-corrected chi connectivity index (χ2v) is 6.49. The van der Waals surface area contributed by atoms with Gasteiger partial charge in [-0.2, -0.15) is 0 Å². The van der Waals surface area contributed by atoms with Crippen LogP contribution in [0.5, 0.6) is 0 Å². The van der Waals surface area contributed by atoms with Crippen LogP contribution in [0.25, 0.3) is 11.0 Å². The molecule has 0 atom stereocenters. The lowest BCUT2D eigenvalue weighted by molar-refractivity contribution is -0.385.